The average molecular weight is 169 g/mol. The van der Waals surface area contributed by atoms with Gasteiger partial charge in [-0.1, -0.05) is 12.2 Å². The molecule has 0 heterocycles. The summed E-state index contributed by atoms with van der Waals surface area (Å²) in [7, 11) is 0. The molecule has 0 saturated heterocycles. The smallest absolute Gasteiger partial charge is 0.0651 e. The SMILES string of the molecule is CC=CCOC1CCCC(N)C1. The van der Waals surface area contributed by atoms with Crippen molar-refractivity contribution >= 4 is 0 Å². The van der Waals surface area contributed by atoms with Gasteiger partial charge in [0, 0.05) is 6.04 Å². The first-order chi connectivity index (χ1) is 5.83. The van der Waals surface area contributed by atoms with Crippen molar-refractivity contribution < 1.29 is 4.74 Å². The van der Waals surface area contributed by atoms with Crippen LogP contribution in [0.3, 0.4) is 0 Å². The lowest BCUT2D eigenvalue weighted by molar-refractivity contribution is 0.0410. The van der Waals surface area contributed by atoms with Crippen molar-refractivity contribution in [3.05, 3.63) is 12.2 Å². The first-order valence-electron chi connectivity index (χ1n) is 4.81. The molecule has 2 N–H and O–H groups in total. The zero-order valence-electron chi connectivity index (χ0n) is 7.83. The van der Waals surface area contributed by atoms with Gasteiger partial charge >= 0.3 is 0 Å². The Bertz CT molecular complexity index is 145. The van der Waals surface area contributed by atoms with Crippen LogP contribution in [-0.4, -0.2) is 18.8 Å². The van der Waals surface area contributed by atoms with Crippen LogP contribution in [0.2, 0.25) is 0 Å². The lowest BCUT2D eigenvalue weighted by Gasteiger charge is -2.26. The van der Waals surface area contributed by atoms with E-state index in [0.717, 1.165) is 13.0 Å². The zero-order valence-corrected chi connectivity index (χ0v) is 7.83. The van der Waals surface area contributed by atoms with Crippen LogP contribution in [0.15, 0.2) is 12.2 Å². The van der Waals surface area contributed by atoms with Crippen LogP contribution in [0, 0.1) is 0 Å². The molecule has 0 aromatic heterocycles. The summed E-state index contributed by atoms with van der Waals surface area (Å²) in [6, 6.07) is 0.370. The second-order valence-electron chi connectivity index (χ2n) is 3.45. The van der Waals surface area contributed by atoms with Gasteiger partial charge in [-0.3, -0.25) is 0 Å². The maximum absolute atomic E-state index is 5.83. The van der Waals surface area contributed by atoms with Crippen LogP contribution in [0.5, 0.6) is 0 Å². The third kappa shape index (κ3) is 3.37. The fourth-order valence-electron chi connectivity index (χ4n) is 1.62. The van der Waals surface area contributed by atoms with Gasteiger partial charge in [0.2, 0.25) is 0 Å². The van der Waals surface area contributed by atoms with Gasteiger partial charge in [-0.05, 0) is 32.6 Å². The van der Waals surface area contributed by atoms with E-state index >= 15 is 0 Å². The van der Waals surface area contributed by atoms with Gasteiger partial charge in [-0.15, -0.1) is 0 Å². The van der Waals surface area contributed by atoms with Crippen molar-refractivity contribution in [2.75, 3.05) is 6.61 Å². The number of nitrogens with two attached hydrogens (primary N) is 1. The molecule has 1 aliphatic rings. The third-order valence-electron chi connectivity index (χ3n) is 2.33. The number of allylic oxidation sites excluding steroid dienone is 1. The van der Waals surface area contributed by atoms with E-state index < -0.39 is 0 Å². The molecule has 2 atom stereocenters. The number of rotatable bonds is 3. The van der Waals surface area contributed by atoms with Crippen LogP contribution in [0.25, 0.3) is 0 Å². The Balaban J connectivity index is 2.14. The summed E-state index contributed by atoms with van der Waals surface area (Å²) >= 11 is 0. The van der Waals surface area contributed by atoms with E-state index in [9.17, 15) is 0 Å². The molecule has 0 aromatic rings. The largest absolute Gasteiger partial charge is 0.374 e. The highest BCUT2D eigenvalue weighted by Crippen LogP contribution is 2.19. The molecule has 70 valence electrons. The van der Waals surface area contributed by atoms with E-state index in [0.29, 0.717) is 12.1 Å². The quantitative estimate of drug-likeness (QED) is 0.654. The minimum atomic E-state index is 0.370. The molecule has 1 rings (SSSR count). The Morgan fingerprint density at radius 2 is 2.33 bits per heavy atom. The Hall–Kier alpha value is -0.340. The number of ether oxygens (including phenoxy) is 1. The first kappa shape index (κ1) is 9.75. The van der Waals surface area contributed by atoms with Gasteiger partial charge in [-0.25, -0.2) is 0 Å². The Kier molecular flexibility index (Phi) is 4.33. The van der Waals surface area contributed by atoms with Crippen LogP contribution in [-0.2, 0) is 4.74 Å². The third-order valence-corrected chi connectivity index (χ3v) is 2.33. The van der Waals surface area contributed by atoms with E-state index in [1.807, 2.05) is 19.1 Å². The Morgan fingerprint density at radius 3 is 3.00 bits per heavy atom. The van der Waals surface area contributed by atoms with Gasteiger partial charge in [0.25, 0.3) is 0 Å². The minimum Gasteiger partial charge on any atom is -0.374 e. The molecule has 0 aromatic carbocycles. The van der Waals surface area contributed by atoms with E-state index in [1.165, 1.54) is 19.3 Å². The van der Waals surface area contributed by atoms with Gasteiger partial charge in [-0.2, -0.15) is 0 Å². The van der Waals surface area contributed by atoms with Gasteiger partial charge in [0.15, 0.2) is 0 Å². The van der Waals surface area contributed by atoms with Crippen LogP contribution in [0.1, 0.15) is 32.6 Å². The molecule has 2 nitrogen and oxygen atoms in total. The highest BCUT2D eigenvalue weighted by Gasteiger charge is 2.18. The molecule has 1 saturated carbocycles. The molecular weight excluding hydrogens is 150 g/mol. The predicted octanol–water partition coefficient (Wildman–Crippen LogP) is 1.85. The lowest BCUT2D eigenvalue weighted by Crippen LogP contribution is -2.32. The van der Waals surface area contributed by atoms with Crippen molar-refractivity contribution in [1.82, 2.24) is 0 Å². The summed E-state index contributed by atoms with van der Waals surface area (Å²) in [5.41, 5.74) is 5.83. The van der Waals surface area contributed by atoms with Crippen LogP contribution >= 0.6 is 0 Å². The van der Waals surface area contributed by atoms with Gasteiger partial charge < -0.3 is 10.5 Å². The van der Waals surface area contributed by atoms with E-state index in [4.69, 9.17) is 10.5 Å². The summed E-state index contributed by atoms with van der Waals surface area (Å²) in [5, 5.41) is 0. The van der Waals surface area contributed by atoms with Gasteiger partial charge in [0.05, 0.1) is 12.7 Å². The number of hydrogen-bond acceptors (Lipinski definition) is 2. The zero-order chi connectivity index (χ0) is 8.81. The summed E-state index contributed by atoms with van der Waals surface area (Å²) in [6.07, 6.45) is 9.08. The molecular formula is C10H19NO. The molecule has 12 heavy (non-hydrogen) atoms. The monoisotopic (exact) mass is 169 g/mol. The van der Waals surface area contributed by atoms with Crippen molar-refractivity contribution in [3.63, 3.8) is 0 Å². The maximum atomic E-state index is 5.83. The average Bonchev–Trinajstić information content (AvgIpc) is 2.05. The van der Waals surface area contributed by atoms with E-state index in [1.54, 1.807) is 0 Å². The second-order valence-corrected chi connectivity index (χ2v) is 3.45. The second kappa shape index (κ2) is 5.33. The Labute approximate surface area is 74.8 Å². The minimum absolute atomic E-state index is 0.370. The molecule has 1 fully saturated rings. The topological polar surface area (TPSA) is 35.2 Å². The summed E-state index contributed by atoms with van der Waals surface area (Å²) in [6.45, 7) is 2.75. The van der Waals surface area contributed by atoms with Crippen molar-refractivity contribution in [2.24, 2.45) is 5.73 Å². The maximum Gasteiger partial charge on any atom is 0.0651 e. The molecule has 0 aliphatic heterocycles. The first-order valence-corrected chi connectivity index (χ1v) is 4.81. The molecule has 0 radical (unpaired) electrons. The van der Waals surface area contributed by atoms with Crippen LogP contribution in [0.4, 0.5) is 0 Å². The predicted molar refractivity (Wildman–Crippen MR) is 51.0 cm³/mol. The highest BCUT2D eigenvalue weighted by molar-refractivity contribution is 4.79. The molecule has 2 heteroatoms. The molecule has 1 aliphatic carbocycles. The summed E-state index contributed by atoms with van der Waals surface area (Å²) in [5.74, 6) is 0. The van der Waals surface area contributed by atoms with Crippen LogP contribution < -0.4 is 5.73 Å². The molecule has 0 spiro atoms. The highest BCUT2D eigenvalue weighted by atomic mass is 16.5. The van der Waals surface area contributed by atoms with Crippen molar-refractivity contribution in [2.45, 2.75) is 44.8 Å². The normalized spacial score (nSPS) is 31.2. The summed E-state index contributed by atoms with van der Waals surface area (Å²) in [4.78, 5) is 0. The standard InChI is InChI=1S/C10H19NO/c1-2-3-7-12-10-6-4-5-9(11)8-10/h2-3,9-10H,4-8,11H2,1H3. The van der Waals surface area contributed by atoms with Crippen molar-refractivity contribution in [1.29, 1.82) is 0 Å². The molecule has 0 bridgehead atoms. The summed E-state index contributed by atoms with van der Waals surface area (Å²) < 4.78 is 5.63. The fourth-order valence-corrected chi connectivity index (χ4v) is 1.62. The van der Waals surface area contributed by atoms with E-state index in [-0.39, 0.29) is 0 Å². The van der Waals surface area contributed by atoms with E-state index in [2.05, 4.69) is 0 Å². The number of hydrogen-bond donors (Lipinski definition) is 1. The molecule has 0 amide bonds. The fraction of sp³-hybridized carbons (Fsp3) is 0.800. The van der Waals surface area contributed by atoms with Gasteiger partial charge in [0.1, 0.15) is 0 Å². The lowest BCUT2D eigenvalue weighted by atomic mass is 9.94. The van der Waals surface area contributed by atoms with Crippen molar-refractivity contribution in [3.8, 4) is 0 Å². The Morgan fingerprint density at radius 1 is 1.50 bits per heavy atom. The molecule has 2 unspecified atom stereocenters.